The Hall–Kier alpha value is -4.66. The minimum atomic E-state index is -0.458. The van der Waals surface area contributed by atoms with E-state index in [0.717, 1.165) is 37.1 Å². The Balaban J connectivity index is 1.11. The smallest absolute Gasteiger partial charge is 0.224 e. The summed E-state index contributed by atoms with van der Waals surface area (Å²) in [5, 5.41) is 24.2. The summed E-state index contributed by atoms with van der Waals surface area (Å²) in [5.74, 6) is 1.25. The number of hydrogen-bond acceptors (Lipinski definition) is 9. The second kappa shape index (κ2) is 14.7. The quantitative estimate of drug-likeness (QED) is 0.101. The molecule has 4 aromatic rings. The standard InChI is InChI=1S/C32H36ClN9O2/c33-25-19-36-30(17-24(25)27-9-6-10-29(40-27)37-22-32(21-34)12-15-44-16-13-32)39-23-18-38-42(20-23)14-5-1-2-11-31(43)41-28-8-4-3-7-26(28)35/h3-4,6-10,17-20H,1-2,5,11-16,22,35H2,(H,36,39)(H,37,40)(H,41,43). The van der Waals surface area contributed by atoms with Crippen LogP contribution in [0.5, 0.6) is 0 Å². The van der Waals surface area contributed by atoms with Crippen LogP contribution in [-0.4, -0.2) is 45.4 Å². The van der Waals surface area contributed by atoms with E-state index in [1.165, 1.54) is 0 Å². The number of nitrogens with two attached hydrogens (primary N) is 1. The maximum Gasteiger partial charge on any atom is 0.224 e. The van der Waals surface area contributed by atoms with Gasteiger partial charge >= 0.3 is 0 Å². The molecule has 228 valence electrons. The molecule has 0 atom stereocenters. The zero-order chi connectivity index (χ0) is 30.8. The van der Waals surface area contributed by atoms with Crippen molar-refractivity contribution in [2.75, 3.05) is 41.4 Å². The van der Waals surface area contributed by atoms with Crippen molar-refractivity contribution in [3.8, 4) is 17.3 Å². The Kier molecular flexibility index (Phi) is 10.3. The molecule has 3 aromatic heterocycles. The summed E-state index contributed by atoms with van der Waals surface area (Å²) in [4.78, 5) is 21.4. The van der Waals surface area contributed by atoms with Crippen LogP contribution in [0.15, 0.2) is 67.1 Å². The summed E-state index contributed by atoms with van der Waals surface area (Å²) >= 11 is 6.53. The van der Waals surface area contributed by atoms with E-state index in [1.54, 1.807) is 24.5 Å². The van der Waals surface area contributed by atoms with Crippen molar-refractivity contribution >= 4 is 46.2 Å². The number of nitrogens with zero attached hydrogens (tertiary/aromatic N) is 5. The zero-order valence-corrected chi connectivity index (χ0v) is 25.2. The first-order valence-corrected chi connectivity index (χ1v) is 15.1. The van der Waals surface area contributed by atoms with E-state index in [4.69, 9.17) is 27.1 Å². The number of halogens is 1. The number of benzene rings is 1. The largest absolute Gasteiger partial charge is 0.397 e. The van der Waals surface area contributed by atoms with Crippen molar-refractivity contribution in [3.63, 3.8) is 0 Å². The van der Waals surface area contributed by atoms with Gasteiger partial charge in [-0.1, -0.05) is 36.2 Å². The highest BCUT2D eigenvalue weighted by Gasteiger charge is 2.32. The molecule has 1 amide bonds. The number of aromatic nitrogens is 4. The molecule has 5 N–H and O–H groups in total. The molecule has 4 heterocycles. The first-order chi connectivity index (χ1) is 21.4. The lowest BCUT2D eigenvalue weighted by atomic mass is 9.82. The highest BCUT2D eigenvalue weighted by Crippen LogP contribution is 2.32. The molecule has 1 saturated heterocycles. The Bertz CT molecular complexity index is 1610. The van der Waals surface area contributed by atoms with E-state index in [9.17, 15) is 10.1 Å². The maximum atomic E-state index is 12.2. The number of rotatable bonds is 13. The van der Waals surface area contributed by atoms with Gasteiger partial charge in [0.15, 0.2) is 0 Å². The van der Waals surface area contributed by atoms with Gasteiger partial charge in [-0.15, -0.1) is 0 Å². The van der Waals surface area contributed by atoms with Gasteiger partial charge < -0.3 is 26.4 Å². The van der Waals surface area contributed by atoms with E-state index in [0.29, 0.717) is 72.7 Å². The predicted molar refractivity (Wildman–Crippen MR) is 173 cm³/mol. The third-order valence-electron chi connectivity index (χ3n) is 7.61. The molecule has 1 aliphatic rings. The fourth-order valence-electron chi connectivity index (χ4n) is 4.99. The van der Waals surface area contributed by atoms with Crippen molar-refractivity contribution < 1.29 is 9.53 Å². The molecule has 44 heavy (non-hydrogen) atoms. The van der Waals surface area contributed by atoms with Crippen molar-refractivity contribution in [1.29, 1.82) is 5.26 Å². The number of ether oxygens (including phenoxy) is 1. The fraction of sp³-hybridized carbons (Fsp3) is 0.344. The number of pyridine rings is 2. The number of nitrogens with one attached hydrogen (secondary N) is 3. The van der Waals surface area contributed by atoms with E-state index in [-0.39, 0.29) is 5.91 Å². The molecule has 0 radical (unpaired) electrons. The van der Waals surface area contributed by atoms with Gasteiger partial charge in [0.25, 0.3) is 0 Å². The first-order valence-electron chi connectivity index (χ1n) is 14.7. The number of carbonyl (C=O) groups is 1. The number of para-hydroxylation sites is 2. The van der Waals surface area contributed by atoms with Crippen LogP contribution in [0.1, 0.15) is 38.5 Å². The van der Waals surface area contributed by atoms with Crippen LogP contribution in [0.25, 0.3) is 11.3 Å². The third-order valence-corrected chi connectivity index (χ3v) is 7.91. The number of amides is 1. The van der Waals surface area contributed by atoms with E-state index in [1.807, 2.05) is 47.3 Å². The van der Waals surface area contributed by atoms with Gasteiger partial charge in [-0.25, -0.2) is 9.97 Å². The Morgan fingerprint density at radius 2 is 1.93 bits per heavy atom. The molecule has 1 fully saturated rings. The highest BCUT2D eigenvalue weighted by atomic mass is 35.5. The van der Waals surface area contributed by atoms with E-state index >= 15 is 0 Å². The lowest BCUT2D eigenvalue weighted by molar-refractivity contribution is -0.116. The molecular formula is C32H36ClN9O2. The first kappa shape index (κ1) is 30.8. The lowest BCUT2D eigenvalue weighted by Crippen LogP contribution is -2.34. The zero-order valence-electron chi connectivity index (χ0n) is 24.4. The van der Waals surface area contributed by atoms with Gasteiger partial charge in [-0.05, 0) is 56.0 Å². The Morgan fingerprint density at radius 3 is 2.75 bits per heavy atom. The van der Waals surface area contributed by atoms with Crippen molar-refractivity contribution in [3.05, 3.63) is 72.1 Å². The molecule has 0 unspecified atom stereocenters. The van der Waals surface area contributed by atoms with Crippen LogP contribution < -0.4 is 21.7 Å². The summed E-state index contributed by atoms with van der Waals surface area (Å²) in [6.07, 6.45) is 9.67. The number of unbranched alkanes of at least 4 members (excludes halogenated alkanes) is 2. The number of anilines is 5. The van der Waals surface area contributed by atoms with Crippen LogP contribution in [-0.2, 0) is 16.1 Å². The monoisotopic (exact) mass is 613 g/mol. The van der Waals surface area contributed by atoms with Gasteiger partial charge in [0.2, 0.25) is 5.91 Å². The number of carbonyl (C=O) groups excluding carboxylic acids is 1. The molecule has 0 bridgehead atoms. The molecule has 12 heteroatoms. The third kappa shape index (κ3) is 8.24. The van der Waals surface area contributed by atoms with Crippen molar-refractivity contribution in [2.24, 2.45) is 5.41 Å². The number of aryl methyl sites for hydroxylation is 1. The van der Waals surface area contributed by atoms with Crippen LogP contribution in [0, 0.1) is 16.7 Å². The SMILES string of the molecule is N#CC1(CNc2cccc(-c3cc(Nc4cnn(CCCCCC(=O)Nc5ccccc5N)c4)ncc3Cl)n2)CCOCC1. The fourth-order valence-corrected chi connectivity index (χ4v) is 5.19. The molecule has 1 aliphatic heterocycles. The molecular weight excluding hydrogens is 578 g/mol. The normalized spacial score (nSPS) is 14.0. The second-order valence-corrected chi connectivity index (χ2v) is 11.3. The molecule has 0 saturated carbocycles. The van der Waals surface area contributed by atoms with Gasteiger partial charge in [0.1, 0.15) is 11.6 Å². The number of nitrogen functional groups attached to an aromatic ring is 1. The molecule has 0 spiro atoms. The summed E-state index contributed by atoms with van der Waals surface area (Å²) in [6, 6.07) is 17.3. The predicted octanol–water partition coefficient (Wildman–Crippen LogP) is 6.25. The Labute approximate surface area is 261 Å². The molecule has 5 rings (SSSR count). The lowest BCUT2D eigenvalue weighted by Gasteiger charge is -2.30. The minimum Gasteiger partial charge on any atom is -0.397 e. The van der Waals surface area contributed by atoms with Crippen molar-refractivity contribution in [2.45, 2.75) is 45.1 Å². The van der Waals surface area contributed by atoms with Crippen molar-refractivity contribution in [1.82, 2.24) is 19.7 Å². The number of nitriles is 1. The van der Waals surface area contributed by atoms with Crippen LogP contribution in [0.3, 0.4) is 0 Å². The van der Waals surface area contributed by atoms with Gasteiger partial charge in [0.05, 0.1) is 45.5 Å². The molecule has 11 nitrogen and oxygen atoms in total. The topological polar surface area (TPSA) is 156 Å². The average molecular weight is 614 g/mol. The van der Waals surface area contributed by atoms with Crippen LogP contribution in [0.4, 0.5) is 28.7 Å². The van der Waals surface area contributed by atoms with Gasteiger partial charge in [0, 0.05) is 50.7 Å². The maximum absolute atomic E-state index is 12.2. The summed E-state index contributed by atoms with van der Waals surface area (Å²) in [7, 11) is 0. The number of hydrogen-bond donors (Lipinski definition) is 4. The summed E-state index contributed by atoms with van der Waals surface area (Å²) < 4.78 is 7.30. The van der Waals surface area contributed by atoms with E-state index in [2.05, 4.69) is 32.1 Å². The second-order valence-electron chi connectivity index (χ2n) is 10.9. The molecule has 1 aromatic carbocycles. The summed E-state index contributed by atoms with van der Waals surface area (Å²) in [5.41, 5.74) is 8.87. The van der Waals surface area contributed by atoms with Crippen LogP contribution in [0.2, 0.25) is 5.02 Å². The average Bonchev–Trinajstić information content (AvgIpc) is 3.49. The summed E-state index contributed by atoms with van der Waals surface area (Å²) in [6.45, 7) is 2.42. The highest BCUT2D eigenvalue weighted by molar-refractivity contribution is 6.33. The van der Waals surface area contributed by atoms with Crippen LogP contribution >= 0.6 is 11.6 Å². The van der Waals surface area contributed by atoms with E-state index < -0.39 is 5.41 Å². The van der Waals surface area contributed by atoms with Gasteiger partial charge in [-0.3, -0.25) is 9.48 Å². The van der Waals surface area contributed by atoms with Gasteiger partial charge in [-0.2, -0.15) is 10.4 Å². The Morgan fingerprint density at radius 1 is 1.09 bits per heavy atom. The minimum absolute atomic E-state index is 0.0381. The molecule has 0 aliphatic carbocycles.